The van der Waals surface area contributed by atoms with Crippen LogP contribution in [0.25, 0.3) is 0 Å². The second kappa shape index (κ2) is 8.64. The van der Waals surface area contributed by atoms with Gasteiger partial charge >= 0.3 is 12.0 Å². The summed E-state index contributed by atoms with van der Waals surface area (Å²) < 4.78 is 11.2. The fourth-order valence-electron chi connectivity index (χ4n) is 4.67. The Balaban J connectivity index is 1.61. The van der Waals surface area contributed by atoms with Crippen molar-refractivity contribution in [2.75, 3.05) is 30.4 Å². The monoisotopic (exact) mass is 439 g/mol. The number of fused-ring (bicyclic) bond motifs is 2. The highest BCUT2D eigenvalue weighted by atomic mass is 16.5. The zero-order valence-corrected chi connectivity index (χ0v) is 18.8. The Bertz CT molecular complexity index is 1030. The van der Waals surface area contributed by atoms with Crippen LogP contribution in [0.5, 0.6) is 11.8 Å². The van der Waals surface area contributed by atoms with Gasteiger partial charge in [-0.2, -0.15) is 9.97 Å². The Kier molecular flexibility index (Phi) is 5.90. The number of carbonyl (C=O) groups is 1. The normalized spacial score (nSPS) is 21.7. The number of anilines is 3. The van der Waals surface area contributed by atoms with Gasteiger partial charge in [0.1, 0.15) is 17.4 Å². The molecule has 0 spiro atoms. The van der Waals surface area contributed by atoms with Gasteiger partial charge in [-0.3, -0.25) is 4.79 Å². The lowest BCUT2D eigenvalue weighted by Gasteiger charge is -2.51. The number of rotatable bonds is 8. The SMILES string of the molecule is COc1nc(Nc2cc(OC(C)C)c(C)cc2C=N)cc(N2CC3CC(C2)C3C(=O)O)n1. The number of ether oxygens (including phenoxy) is 2. The first-order valence-corrected chi connectivity index (χ1v) is 10.8. The van der Waals surface area contributed by atoms with Crippen molar-refractivity contribution in [2.24, 2.45) is 17.8 Å². The van der Waals surface area contributed by atoms with Gasteiger partial charge in [-0.1, -0.05) is 0 Å². The first-order valence-electron chi connectivity index (χ1n) is 10.8. The second-order valence-electron chi connectivity index (χ2n) is 8.76. The lowest BCUT2D eigenvalue weighted by atomic mass is 9.61. The number of hydrogen-bond donors (Lipinski definition) is 3. The molecule has 2 unspecified atom stereocenters. The average molecular weight is 440 g/mol. The molecule has 3 aliphatic rings. The summed E-state index contributed by atoms with van der Waals surface area (Å²) in [5, 5.41) is 20.5. The zero-order chi connectivity index (χ0) is 23.0. The minimum Gasteiger partial charge on any atom is -0.491 e. The molecule has 2 aromatic rings. The highest BCUT2D eigenvalue weighted by Gasteiger charge is 2.50. The summed E-state index contributed by atoms with van der Waals surface area (Å²) >= 11 is 0. The molecule has 0 amide bonds. The van der Waals surface area contributed by atoms with Crippen LogP contribution in [-0.4, -0.2) is 53.6 Å². The summed E-state index contributed by atoms with van der Waals surface area (Å²) in [4.78, 5) is 22.5. The van der Waals surface area contributed by atoms with Crippen LogP contribution in [0.15, 0.2) is 18.2 Å². The van der Waals surface area contributed by atoms with E-state index in [0.29, 0.717) is 36.0 Å². The minimum atomic E-state index is -0.702. The van der Waals surface area contributed by atoms with E-state index in [0.717, 1.165) is 17.7 Å². The molecule has 1 aromatic heterocycles. The summed E-state index contributed by atoms with van der Waals surface area (Å²) in [5.41, 5.74) is 2.35. The molecular weight excluding hydrogens is 410 g/mol. The van der Waals surface area contributed by atoms with Gasteiger partial charge in [0.25, 0.3) is 0 Å². The molecule has 0 radical (unpaired) electrons. The first kappa shape index (κ1) is 21.9. The molecule has 1 aromatic carbocycles. The van der Waals surface area contributed by atoms with E-state index in [1.165, 1.54) is 13.3 Å². The number of methoxy groups -OCH3 is 1. The highest BCUT2D eigenvalue weighted by Crippen LogP contribution is 2.46. The van der Waals surface area contributed by atoms with Gasteiger partial charge in [-0.05, 0) is 50.7 Å². The van der Waals surface area contributed by atoms with E-state index in [1.54, 1.807) is 0 Å². The number of nitrogens with zero attached hydrogens (tertiary/aromatic N) is 3. The molecule has 2 saturated heterocycles. The molecule has 1 saturated carbocycles. The topological polar surface area (TPSA) is 121 Å². The van der Waals surface area contributed by atoms with Crippen LogP contribution in [-0.2, 0) is 4.79 Å². The van der Waals surface area contributed by atoms with Crippen LogP contribution in [0.2, 0.25) is 0 Å². The fraction of sp³-hybridized carbons (Fsp3) is 0.478. The minimum absolute atomic E-state index is 0.0262. The van der Waals surface area contributed by atoms with E-state index in [2.05, 4.69) is 20.2 Å². The summed E-state index contributed by atoms with van der Waals surface area (Å²) in [7, 11) is 1.51. The molecule has 1 aliphatic carbocycles. The Morgan fingerprint density at radius 1 is 1.28 bits per heavy atom. The average Bonchev–Trinajstić information content (AvgIpc) is 2.74. The van der Waals surface area contributed by atoms with Crippen LogP contribution in [0.1, 0.15) is 31.4 Å². The number of piperidine rings is 2. The third-order valence-corrected chi connectivity index (χ3v) is 6.14. The molecule has 2 atom stereocenters. The second-order valence-corrected chi connectivity index (χ2v) is 8.76. The molecule has 3 heterocycles. The Labute approximate surface area is 187 Å². The predicted molar refractivity (Wildman–Crippen MR) is 122 cm³/mol. The number of carboxylic acid groups (broad SMARTS) is 1. The molecule has 32 heavy (non-hydrogen) atoms. The van der Waals surface area contributed by atoms with Gasteiger partial charge in [0.2, 0.25) is 0 Å². The maximum Gasteiger partial charge on any atom is 0.320 e. The van der Waals surface area contributed by atoms with Gasteiger partial charge in [0.05, 0.1) is 24.8 Å². The Morgan fingerprint density at radius 2 is 2.00 bits per heavy atom. The number of nitrogens with one attached hydrogen (secondary N) is 2. The maximum atomic E-state index is 11.5. The van der Waals surface area contributed by atoms with Crippen molar-refractivity contribution in [3.8, 4) is 11.8 Å². The maximum absolute atomic E-state index is 11.5. The predicted octanol–water partition coefficient (Wildman–Crippen LogP) is 3.48. The number of aromatic nitrogens is 2. The van der Waals surface area contributed by atoms with Crippen LogP contribution in [0.4, 0.5) is 17.3 Å². The number of hydrogen-bond acceptors (Lipinski definition) is 8. The van der Waals surface area contributed by atoms with E-state index in [-0.39, 0.29) is 29.9 Å². The van der Waals surface area contributed by atoms with Crippen molar-refractivity contribution in [1.82, 2.24) is 9.97 Å². The first-order chi connectivity index (χ1) is 15.3. The van der Waals surface area contributed by atoms with Crippen LogP contribution in [0, 0.1) is 30.1 Å². The van der Waals surface area contributed by atoms with Gasteiger partial charge < -0.3 is 30.2 Å². The molecule has 5 rings (SSSR count). The van der Waals surface area contributed by atoms with Crippen LogP contribution < -0.4 is 19.7 Å². The quantitative estimate of drug-likeness (QED) is 0.535. The van der Waals surface area contributed by atoms with Crippen molar-refractivity contribution in [3.05, 3.63) is 29.3 Å². The third-order valence-electron chi connectivity index (χ3n) is 6.14. The molecule has 3 N–H and O–H groups in total. The summed E-state index contributed by atoms with van der Waals surface area (Å²) in [6.45, 7) is 7.19. The van der Waals surface area contributed by atoms with Gasteiger partial charge in [-0.25, -0.2) is 0 Å². The number of aliphatic carboxylic acids is 1. The fourth-order valence-corrected chi connectivity index (χ4v) is 4.67. The van der Waals surface area contributed by atoms with Crippen molar-refractivity contribution < 1.29 is 19.4 Å². The van der Waals surface area contributed by atoms with Crippen LogP contribution in [0.3, 0.4) is 0 Å². The largest absolute Gasteiger partial charge is 0.491 e. The molecule has 3 fully saturated rings. The van der Waals surface area contributed by atoms with E-state index in [9.17, 15) is 9.90 Å². The van der Waals surface area contributed by atoms with Gasteiger partial charge in [0.15, 0.2) is 0 Å². The molecule has 2 aliphatic heterocycles. The smallest absolute Gasteiger partial charge is 0.320 e. The van der Waals surface area contributed by atoms with E-state index in [1.807, 2.05) is 39.0 Å². The lowest BCUT2D eigenvalue weighted by molar-refractivity contribution is -0.153. The van der Waals surface area contributed by atoms with Crippen LogP contribution >= 0.6 is 0 Å². The number of benzene rings is 1. The van der Waals surface area contributed by atoms with Crippen molar-refractivity contribution in [1.29, 1.82) is 5.41 Å². The third kappa shape index (κ3) is 4.19. The zero-order valence-electron chi connectivity index (χ0n) is 18.8. The van der Waals surface area contributed by atoms with E-state index < -0.39 is 5.97 Å². The summed E-state index contributed by atoms with van der Waals surface area (Å²) in [6.07, 6.45) is 2.27. The lowest BCUT2D eigenvalue weighted by Crippen LogP contribution is -2.58. The highest BCUT2D eigenvalue weighted by molar-refractivity contribution is 5.88. The molecule has 2 bridgehead atoms. The number of carboxylic acids is 1. The van der Waals surface area contributed by atoms with E-state index >= 15 is 0 Å². The molecule has 9 heteroatoms. The van der Waals surface area contributed by atoms with Gasteiger partial charge in [0, 0.05) is 37.0 Å². The van der Waals surface area contributed by atoms with Gasteiger partial charge in [-0.15, -0.1) is 0 Å². The Hall–Kier alpha value is -3.36. The van der Waals surface area contributed by atoms with Crippen molar-refractivity contribution in [3.63, 3.8) is 0 Å². The molecule has 9 nitrogen and oxygen atoms in total. The number of aryl methyl sites for hydroxylation is 1. The van der Waals surface area contributed by atoms with Crippen molar-refractivity contribution in [2.45, 2.75) is 33.3 Å². The standard InChI is InChI=1S/C23H29N5O4/c1-12(2)32-18-7-17(14(9-24)5-13(18)3)25-19-8-20(27-23(26-19)31-4)28-10-15-6-16(11-28)21(15)22(29)30/h5,7-9,12,15-16,21,24H,6,10-11H2,1-4H3,(H,29,30)(H,25,26,27). The molecule has 170 valence electrons. The molecular formula is C23H29N5O4. The summed E-state index contributed by atoms with van der Waals surface area (Å²) in [5.74, 6) is 1.29. The van der Waals surface area contributed by atoms with Crippen molar-refractivity contribution >= 4 is 29.5 Å². The van der Waals surface area contributed by atoms with E-state index in [4.69, 9.17) is 14.9 Å². The Morgan fingerprint density at radius 3 is 2.59 bits per heavy atom. The summed E-state index contributed by atoms with van der Waals surface area (Å²) in [6, 6.07) is 5.83.